The second-order valence-electron chi connectivity index (χ2n) is 6.25. The molecule has 2 heterocycles. The molecule has 2 N–H and O–H groups in total. The molecule has 3 aromatic rings. The third kappa shape index (κ3) is 3.45. The minimum Gasteiger partial charge on any atom is -0.462 e. The first-order chi connectivity index (χ1) is 11.8. The van der Waals surface area contributed by atoms with E-state index < -0.39 is 23.1 Å². The highest BCUT2D eigenvalue weighted by Gasteiger charge is 2.31. The van der Waals surface area contributed by atoms with E-state index in [1.54, 1.807) is 26.1 Å². The average molecular weight is 345 g/mol. The average Bonchev–Trinajstić information content (AvgIpc) is 2.92. The molecule has 0 aliphatic heterocycles. The van der Waals surface area contributed by atoms with E-state index in [2.05, 4.69) is 15.3 Å². The van der Waals surface area contributed by atoms with Crippen molar-refractivity contribution in [2.24, 2.45) is 0 Å². The number of rotatable bonds is 4. The summed E-state index contributed by atoms with van der Waals surface area (Å²) in [7, 11) is 0. The van der Waals surface area contributed by atoms with Crippen LogP contribution in [0, 0.1) is 18.6 Å². The Morgan fingerprint density at radius 3 is 2.64 bits per heavy atom. The fourth-order valence-corrected chi connectivity index (χ4v) is 2.32. The number of fused-ring (bicyclic) bond motifs is 1. The summed E-state index contributed by atoms with van der Waals surface area (Å²) in [5.74, 6) is -2.07. The molecule has 0 fully saturated rings. The van der Waals surface area contributed by atoms with Crippen molar-refractivity contribution in [3.05, 3.63) is 53.9 Å². The predicted molar refractivity (Wildman–Crippen MR) is 90.5 cm³/mol. The van der Waals surface area contributed by atoms with Crippen LogP contribution >= 0.6 is 0 Å². The molecule has 5 nitrogen and oxygen atoms in total. The Morgan fingerprint density at radius 1 is 1.24 bits per heavy atom. The number of hydrogen-bond donors (Lipinski definition) is 2. The molecule has 0 saturated heterocycles. The van der Waals surface area contributed by atoms with Crippen LogP contribution in [0.2, 0.25) is 0 Å². The van der Waals surface area contributed by atoms with Crippen LogP contribution in [0.1, 0.15) is 19.4 Å². The normalized spacial score (nSPS) is 11.6. The summed E-state index contributed by atoms with van der Waals surface area (Å²) in [5.41, 5.74) is 0.480. The number of hydrogen-bond acceptors (Lipinski definition) is 3. The molecule has 0 unspecified atom stereocenters. The molecule has 0 bridgehead atoms. The van der Waals surface area contributed by atoms with Crippen LogP contribution in [0.15, 0.2) is 36.7 Å². The van der Waals surface area contributed by atoms with Crippen molar-refractivity contribution in [3.8, 4) is 5.88 Å². The highest BCUT2D eigenvalue weighted by Crippen LogP contribution is 2.27. The zero-order valence-electron chi connectivity index (χ0n) is 14.0. The second-order valence-corrected chi connectivity index (χ2v) is 6.25. The molecular formula is C18H17F2N3O2. The molecule has 0 radical (unpaired) electrons. The molecule has 0 spiro atoms. The Morgan fingerprint density at radius 2 is 1.96 bits per heavy atom. The van der Waals surface area contributed by atoms with Crippen molar-refractivity contribution in [3.63, 3.8) is 0 Å². The smallest absolute Gasteiger partial charge is 0.268 e. The van der Waals surface area contributed by atoms with Gasteiger partial charge in [0.2, 0.25) is 5.88 Å². The molecule has 0 saturated carbocycles. The van der Waals surface area contributed by atoms with Gasteiger partial charge in [-0.25, -0.2) is 13.8 Å². The lowest BCUT2D eigenvalue weighted by atomic mass is 10.1. The minimum atomic E-state index is -1.22. The number of nitrogens with one attached hydrogen (secondary N) is 2. The van der Waals surface area contributed by atoms with Crippen LogP contribution in [0.25, 0.3) is 10.9 Å². The van der Waals surface area contributed by atoms with Gasteiger partial charge in [-0.2, -0.15) is 0 Å². The van der Waals surface area contributed by atoms with Gasteiger partial charge in [0.25, 0.3) is 5.91 Å². The number of benzene rings is 1. The van der Waals surface area contributed by atoms with Gasteiger partial charge >= 0.3 is 0 Å². The lowest BCUT2D eigenvalue weighted by Crippen LogP contribution is -2.42. The first-order valence-corrected chi connectivity index (χ1v) is 7.65. The van der Waals surface area contributed by atoms with Gasteiger partial charge in [0.15, 0.2) is 17.2 Å². The molecule has 1 amide bonds. The first-order valence-electron chi connectivity index (χ1n) is 7.65. The van der Waals surface area contributed by atoms with Gasteiger partial charge in [0.1, 0.15) is 0 Å². The Hall–Kier alpha value is -2.96. The number of H-pyrrole nitrogens is 1. The van der Waals surface area contributed by atoms with Crippen molar-refractivity contribution in [2.75, 3.05) is 5.32 Å². The molecule has 0 atom stereocenters. The maximum absolute atomic E-state index is 13.5. The number of aryl methyl sites for hydroxylation is 1. The fourth-order valence-electron chi connectivity index (χ4n) is 2.32. The van der Waals surface area contributed by atoms with E-state index in [1.807, 2.05) is 13.0 Å². The molecule has 7 heteroatoms. The maximum Gasteiger partial charge on any atom is 0.268 e. The largest absolute Gasteiger partial charge is 0.462 e. The molecular weight excluding hydrogens is 328 g/mol. The zero-order valence-corrected chi connectivity index (χ0v) is 14.0. The number of anilines is 1. The van der Waals surface area contributed by atoms with Crippen LogP contribution < -0.4 is 10.1 Å². The number of pyridine rings is 1. The van der Waals surface area contributed by atoms with Crippen LogP contribution in [-0.4, -0.2) is 21.5 Å². The molecule has 2 aromatic heterocycles. The molecule has 3 rings (SSSR count). The molecule has 0 aliphatic rings. The van der Waals surface area contributed by atoms with Crippen LogP contribution in [-0.2, 0) is 4.79 Å². The lowest BCUT2D eigenvalue weighted by molar-refractivity contribution is -0.128. The quantitative estimate of drug-likeness (QED) is 0.752. The minimum absolute atomic E-state index is 0.317. The summed E-state index contributed by atoms with van der Waals surface area (Å²) in [5, 5.41) is 3.04. The Kier molecular flexibility index (Phi) is 4.16. The number of amides is 1. The first kappa shape index (κ1) is 16.9. The van der Waals surface area contributed by atoms with E-state index in [-0.39, 0.29) is 0 Å². The molecule has 130 valence electrons. The van der Waals surface area contributed by atoms with Gasteiger partial charge < -0.3 is 15.0 Å². The van der Waals surface area contributed by atoms with E-state index in [0.29, 0.717) is 22.5 Å². The van der Waals surface area contributed by atoms with E-state index in [1.165, 1.54) is 6.20 Å². The molecule has 0 aliphatic carbocycles. The van der Waals surface area contributed by atoms with Gasteiger partial charge in [-0.1, -0.05) is 6.07 Å². The number of aromatic nitrogens is 2. The summed E-state index contributed by atoms with van der Waals surface area (Å²) >= 11 is 0. The Balaban J connectivity index is 1.81. The third-order valence-electron chi connectivity index (χ3n) is 3.76. The number of nitrogens with zero attached hydrogens (tertiary/aromatic N) is 1. The monoisotopic (exact) mass is 345 g/mol. The van der Waals surface area contributed by atoms with Gasteiger partial charge in [-0.05, 0) is 32.4 Å². The Bertz CT molecular complexity index is 933. The van der Waals surface area contributed by atoms with Gasteiger partial charge in [-0.3, -0.25) is 4.79 Å². The van der Waals surface area contributed by atoms with E-state index in [9.17, 15) is 13.6 Å². The highest BCUT2D eigenvalue weighted by atomic mass is 19.2. The SMILES string of the molecule is Cc1ccc(OC(C)(C)C(=O)Nc2c[nH]c3cc(F)c(F)cc23)nc1. The summed E-state index contributed by atoms with van der Waals surface area (Å²) < 4.78 is 32.4. The summed E-state index contributed by atoms with van der Waals surface area (Å²) in [6.45, 7) is 5.09. The Labute approximate surface area is 143 Å². The maximum atomic E-state index is 13.5. The van der Waals surface area contributed by atoms with Crippen LogP contribution in [0.3, 0.4) is 0 Å². The van der Waals surface area contributed by atoms with Crippen molar-refractivity contribution in [1.29, 1.82) is 0 Å². The summed E-state index contributed by atoms with van der Waals surface area (Å²) in [6.07, 6.45) is 3.11. The zero-order chi connectivity index (χ0) is 18.2. The predicted octanol–water partition coefficient (Wildman–Crippen LogP) is 3.95. The van der Waals surface area contributed by atoms with Crippen LogP contribution in [0.4, 0.5) is 14.5 Å². The number of ether oxygens (including phenoxy) is 1. The number of aromatic amines is 1. The fraction of sp³-hybridized carbons (Fsp3) is 0.222. The van der Waals surface area contributed by atoms with E-state index in [4.69, 9.17) is 4.74 Å². The third-order valence-corrected chi connectivity index (χ3v) is 3.76. The van der Waals surface area contributed by atoms with Crippen molar-refractivity contribution >= 4 is 22.5 Å². The highest BCUT2D eigenvalue weighted by molar-refractivity contribution is 6.04. The lowest BCUT2D eigenvalue weighted by Gasteiger charge is -2.24. The summed E-state index contributed by atoms with van der Waals surface area (Å²) in [6, 6.07) is 5.58. The number of carbonyl (C=O) groups is 1. The summed E-state index contributed by atoms with van der Waals surface area (Å²) in [4.78, 5) is 19.5. The topological polar surface area (TPSA) is 67.0 Å². The van der Waals surface area contributed by atoms with Gasteiger partial charge in [0.05, 0.1) is 11.2 Å². The second kappa shape index (κ2) is 6.16. The van der Waals surface area contributed by atoms with Crippen molar-refractivity contribution in [2.45, 2.75) is 26.4 Å². The van der Waals surface area contributed by atoms with Gasteiger partial charge in [0, 0.05) is 29.9 Å². The molecule has 1 aromatic carbocycles. The number of carbonyl (C=O) groups excluding carboxylic acids is 1. The number of halogens is 2. The standard InChI is InChI=1S/C18H17F2N3O2/c1-10-4-5-16(22-8-10)25-18(2,3)17(24)23-15-9-21-14-7-13(20)12(19)6-11(14)15/h4-9,21H,1-3H3,(H,23,24). The van der Waals surface area contributed by atoms with Gasteiger partial charge in [-0.15, -0.1) is 0 Å². The van der Waals surface area contributed by atoms with Crippen molar-refractivity contribution in [1.82, 2.24) is 9.97 Å². The van der Waals surface area contributed by atoms with Crippen LogP contribution in [0.5, 0.6) is 5.88 Å². The van der Waals surface area contributed by atoms with E-state index in [0.717, 1.165) is 17.7 Å². The van der Waals surface area contributed by atoms with E-state index >= 15 is 0 Å². The molecule has 25 heavy (non-hydrogen) atoms. The van der Waals surface area contributed by atoms with Crippen molar-refractivity contribution < 1.29 is 18.3 Å².